The predicted octanol–water partition coefficient (Wildman–Crippen LogP) is 4.40. The van der Waals surface area contributed by atoms with Crippen LogP contribution in [0.3, 0.4) is 0 Å². The minimum atomic E-state index is -0.712. The number of hydrogen-bond acceptors (Lipinski definition) is 8. The topological polar surface area (TPSA) is 76.3 Å². The van der Waals surface area contributed by atoms with E-state index in [2.05, 4.69) is 35.7 Å². The largest absolute Gasteiger partial charge is 0.376 e. The number of methoxy groups -OCH3 is 3. The van der Waals surface area contributed by atoms with E-state index < -0.39 is 12.4 Å². The Morgan fingerprint density at radius 2 is 1.60 bits per heavy atom. The summed E-state index contributed by atoms with van der Waals surface area (Å²) in [4.78, 5) is 6.86. The molecule has 8 nitrogen and oxygen atoms in total. The SMILES string of the molecule is CO[C@@H]1[C@@H](OC)[C@H](C)O[C@@H](O/N=C/c2ccc(-c3ccn(-c4ccc(SC)cc4)n3)cc2)[C@@H]1OC. The molecule has 9 heteroatoms. The lowest BCUT2D eigenvalue weighted by molar-refractivity contribution is -0.305. The van der Waals surface area contributed by atoms with E-state index in [9.17, 15) is 0 Å². The minimum absolute atomic E-state index is 0.237. The van der Waals surface area contributed by atoms with Crippen LogP contribution in [-0.4, -0.2) is 74.3 Å². The van der Waals surface area contributed by atoms with Gasteiger partial charge in [-0.05, 0) is 49.1 Å². The molecule has 186 valence electrons. The molecular formula is C26H31N3O5S. The van der Waals surface area contributed by atoms with Crippen molar-refractivity contribution < 1.29 is 23.8 Å². The first-order valence-corrected chi connectivity index (χ1v) is 12.5. The summed E-state index contributed by atoms with van der Waals surface area (Å²) in [6, 6.07) is 18.3. The average molecular weight is 498 g/mol. The monoisotopic (exact) mass is 497 g/mol. The van der Waals surface area contributed by atoms with Gasteiger partial charge in [0.15, 0.2) is 6.10 Å². The maximum Gasteiger partial charge on any atom is 0.256 e. The van der Waals surface area contributed by atoms with Gasteiger partial charge in [0.05, 0.1) is 23.7 Å². The van der Waals surface area contributed by atoms with Gasteiger partial charge in [-0.15, -0.1) is 11.8 Å². The zero-order chi connectivity index (χ0) is 24.8. The molecule has 3 aromatic rings. The van der Waals surface area contributed by atoms with Crippen LogP contribution >= 0.6 is 11.8 Å². The fourth-order valence-electron chi connectivity index (χ4n) is 4.15. The van der Waals surface area contributed by atoms with Crippen molar-refractivity contribution in [1.82, 2.24) is 9.78 Å². The molecule has 0 spiro atoms. The standard InChI is InChI=1S/C26H31N3O5S/c1-17-23(30-2)24(31-3)25(32-4)26(33-17)34-27-16-18-6-8-19(9-7-18)22-14-15-29(28-22)20-10-12-21(35-5)13-11-20/h6-17,23-26H,1-5H3/b27-16+/t17-,23-,24+,25+,26-/m0/s1. The number of aromatic nitrogens is 2. The summed E-state index contributed by atoms with van der Waals surface area (Å²) in [6.45, 7) is 1.91. The molecule has 0 bridgehead atoms. The van der Waals surface area contributed by atoms with E-state index in [0.29, 0.717) is 0 Å². The summed E-state index contributed by atoms with van der Waals surface area (Å²) in [7, 11) is 4.83. The molecule has 2 heterocycles. The van der Waals surface area contributed by atoms with E-state index in [0.717, 1.165) is 22.5 Å². The second kappa shape index (κ2) is 11.8. The number of ether oxygens (including phenoxy) is 4. The quantitative estimate of drug-likeness (QED) is 0.246. The maximum absolute atomic E-state index is 5.91. The molecule has 5 atom stereocenters. The summed E-state index contributed by atoms with van der Waals surface area (Å²) in [6.07, 6.45) is 3.64. The van der Waals surface area contributed by atoms with Crippen LogP contribution < -0.4 is 0 Å². The van der Waals surface area contributed by atoms with Gasteiger partial charge in [-0.2, -0.15) is 5.10 Å². The van der Waals surface area contributed by atoms with E-state index in [1.165, 1.54) is 4.90 Å². The van der Waals surface area contributed by atoms with Crippen LogP contribution in [0.2, 0.25) is 0 Å². The second-order valence-electron chi connectivity index (χ2n) is 8.12. The van der Waals surface area contributed by atoms with Crippen LogP contribution in [0.15, 0.2) is 70.8 Å². The first kappa shape index (κ1) is 25.4. The Kier molecular flexibility index (Phi) is 8.59. The van der Waals surface area contributed by atoms with Gasteiger partial charge in [-0.1, -0.05) is 29.4 Å². The highest BCUT2D eigenvalue weighted by Gasteiger charge is 2.46. The Hall–Kier alpha value is -2.69. The van der Waals surface area contributed by atoms with Gasteiger partial charge >= 0.3 is 0 Å². The normalized spacial score (nSPS) is 24.7. The fourth-order valence-corrected chi connectivity index (χ4v) is 4.56. The summed E-state index contributed by atoms with van der Waals surface area (Å²) < 4.78 is 24.5. The lowest BCUT2D eigenvalue weighted by Gasteiger charge is -2.42. The molecule has 1 aliphatic heterocycles. The highest BCUT2D eigenvalue weighted by Crippen LogP contribution is 2.28. The smallest absolute Gasteiger partial charge is 0.256 e. The number of thioether (sulfide) groups is 1. The van der Waals surface area contributed by atoms with Crippen molar-refractivity contribution in [1.29, 1.82) is 0 Å². The molecule has 0 N–H and O–H groups in total. The number of hydrogen-bond donors (Lipinski definition) is 0. The molecule has 0 radical (unpaired) electrons. The summed E-state index contributed by atoms with van der Waals surface area (Å²) >= 11 is 1.72. The van der Waals surface area contributed by atoms with Crippen LogP contribution in [0.25, 0.3) is 16.9 Å². The van der Waals surface area contributed by atoms with Gasteiger partial charge in [-0.3, -0.25) is 0 Å². The van der Waals surface area contributed by atoms with E-state index in [-0.39, 0.29) is 18.3 Å². The van der Waals surface area contributed by atoms with Crippen LogP contribution in [0.4, 0.5) is 0 Å². The molecule has 0 amide bonds. The molecule has 1 saturated heterocycles. The van der Waals surface area contributed by atoms with Crippen LogP contribution in [0, 0.1) is 0 Å². The number of benzene rings is 2. The minimum Gasteiger partial charge on any atom is -0.376 e. The highest BCUT2D eigenvalue weighted by atomic mass is 32.2. The Bertz CT molecular complexity index is 1100. The highest BCUT2D eigenvalue weighted by molar-refractivity contribution is 7.98. The number of nitrogens with zero attached hydrogens (tertiary/aromatic N) is 3. The molecule has 1 fully saturated rings. The summed E-state index contributed by atoms with van der Waals surface area (Å²) in [5.74, 6) is 0. The summed E-state index contributed by atoms with van der Waals surface area (Å²) in [5, 5.41) is 8.84. The van der Waals surface area contributed by atoms with Gasteiger partial charge in [0.1, 0.15) is 12.2 Å². The van der Waals surface area contributed by atoms with E-state index in [4.69, 9.17) is 28.9 Å². The number of oxime groups is 1. The maximum atomic E-state index is 5.91. The first-order chi connectivity index (χ1) is 17.1. The average Bonchev–Trinajstić information content (AvgIpc) is 3.39. The van der Waals surface area contributed by atoms with Gasteiger partial charge in [0.2, 0.25) is 0 Å². The van der Waals surface area contributed by atoms with E-state index in [1.807, 2.05) is 48.1 Å². The first-order valence-electron chi connectivity index (χ1n) is 11.3. The zero-order valence-corrected chi connectivity index (χ0v) is 21.3. The zero-order valence-electron chi connectivity index (χ0n) is 20.5. The lowest BCUT2D eigenvalue weighted by atomic mass is 9.99. The Balaban J connectivity index is 1.39. The lowest BCUT2D eigenvalue weighted by Crippen LogP contribution is -2.59. The van der Waals surface area contributed by atoms with Gasteiger partial charge in [0.25, 0.3) is 6.29 Å². The molecule has 0 unspecified atom stereocenters. The van der Waals surface area contributed by atoms with Crippen molar-refractivity contribution in [2.45, 2.75) is 42.5 Å². The van der Waals surface area contributed by atoms with Gasteiger partial charge in [0, 0.05) is 38.0 Å². The molecule has 1 aliphatic rings. The van der Waals surface area contributed by atoms with Crippen molar-refractivity contribution in [2.24, 2.45) is 5.16 Å². The third kappa shape index (κ3) is 5.76. The third-order valence-corrected chi connectivity index (χ3v) is 6.79. The molecule has 0 aliphatic carbocycles. The Morgan fingerprint density at radius 3 is 2.23 bits per heavy atom. The summed E-state index contributed by atoms with van der Waals surface area (Å²) in [5.41, 5.74) is 3.82. The van der Waals surface area contributed by atoms with Crippen LogP contribution in [0.1, 0.15) is 12.5 Å². The van der Waals surface area contributed by atoms with E-state index >= 15 is 0 Å². The van der Waals surface area contributed by atoms with Gasteiger partial charge < -0.3 is 23.8 Å². The third-order valence-electron chi connectivity index (χ3n) is 6.04. The van der Waals surface area contributed by atoms with Crippen LogP contribution in [-0.2, 0) is 23.8 Å². The van der Waals surface area contributed by atoms with Crippen molar-refractivity contribution in [3.05, 3.63) is 66.4 Å². The predicted molar refractivity (Wildman–Crippen MR) is 136 cm³/mol. The van der Waals surface area contributed by atoms with E-state index in [1.54, 1.807) is 39.3 Å². The van der Waals surface area contributed by atoms with Crippen molar-refractivity contribution in [2.75, 3.05) is 27.6 Å². The molecular weight excluding hydrogens is 466 g/mol. The van der Waals surface area contributed by atoms with Crippen molar-refractivity contribution in [3.63, 3.8) is 0 Å². The van der Waals surface area contributed by atoms with Crippen molar-refractivity contribution in [3.8, 4) is 16.9 Å². The Labute approximate surface area is 210 Å². The van der Waals surface area contributed by atoms with Crippen LogP contribution in [0.5, 0.6) is 0 Å². The van der Waals surface area contributed by atoms with Crippen molar-refractivity contribution >= 4 is 18.0 Å². The molecule has 1 aromatic heterocycles. The molecule has 0 saturated carbocycles. The Morgan fingerprint density at radius 1 is 0.914 bits per heavy atom. The molecule has 4 rings (SSSR count). The number of rotatable bonds is 9. The molecule has 2 aromatic carbocycles. The van der Waals surface area contributed by atoms with Gasteiger partial charge in [-0.25, -0.2) is 4.68 Å². The second-order valence-corrected chi connectivity index (χ2v) is 9.00. The fraction of sp³-hybridized carbons (Fsp3) is 0.385. The molecule has 35 heavy (non-hydrogen) atoms.